The van der Waals surface area contributed by atoms with Gasteiger partial charge in [-0.3, -0.25) is 9.59 Å². The number of nitrogens with zero attached hydrogens (tertiary/aromatic N) is 2. The van der Waals surface area contributed by atoms with Gasteiger partial charge >= 0.3 is 0 Å². The van der Waals surface area contributed by atoms with Crippen molar-refractivity contribution in [2.45, 2.75) is 46.6 Å². The molecule has 1 atom stereocenters. The van der Waals surface area contributed by atoms with Crippen LogP contribution in [0.15, 0.2) is 28.8 Å². The van der Waals surface area contributed by atoms with Crippen LogP contribution in [0.1, 0.15) is 37.3 Å². The molecule has 0 spiro atoms. The van der Waals surface area contributed by atoms with Crippen LogP contribution in [-0.4, -0.2) is 34.5 Å². The second-order valence-corrected chi connectivity index (χ2v) is 6.68. The molecule has 0 bridgehead atoms. The summed E-state index contributed by atoms with van der Waals surface area (Å²) in [4.78, 5) is 27.0. The first kappa shape index (κ1) is 20.0. The Balaban J connectivity index is 2.11. The van der Waals surface area contributed by atoms with Crippen LogP contribution in [0.5, 0.6) is 0 Å². The van der Waals surface area contributed by atoms with Crippen LogP contribution < -0.4 is 5.32 Å². The highest BCUT2D eigenvalue weighted by Crippen LogP contribution is 2.18. The summed E-state index contributed by atoms with van der Waals surface area (Å²) in [6.45, 7) is 7.77. The van der Waals surface area contributed by atoms with E-state index in [0.29, 0.717) is 28.7 Å². The van der Waals surface area contributed by atoms with Gasteiger partial charge in [0, 0.05) is 22.8 Å². The number of anilines is 1. The largest absolute Gasteiger partial charge is 0.361 e. The fourth-order valence-corrected chi connectivity index (χ4v) is 2.93. The summed E-state index contributed by atoms with van der Waals surface area (Å²) in [5.41, 5.74) is 2.07. The lowest BCUT2D eigenvalue weighted by molar-refractivity contribution is -0.137. The predicted octanol–water partition coefficient (Wildman–Crippen LogP) is 3.75. The van der Waals surface area contributed by atoms with Crippen molar-refractivity contribution in [2.75, 3.05) is 11.9 Å². The van der Waals surface area contributed by atoms with Gasteiger partial charge in [0.25, 0.3) is 0 Å². The van der Waals surface area contributed by atoms with Crippen molar-refractivity contribution in [2.24, 2.45) is 0 Å². The lowest BCUT2D eigenvalue weighted by Crippen LogP contribution is -2.46. The second kappa shape index (κ2) is 8.85. The molecule has 1 heterocycles. The van der Waals surface area contributed by atoms with Crippen LogP contribution in [0, 0.1) is 13.8 Å². The van der Waals surface area contributed by atoms with Crippen LogP contribution >= 0.6 is 11.6 Å². The number of benzene rings is 1. The molecule has 2 rings (SSSR count). The maximum Gasteiger partial charge on any atom is 0.246 e. The van der Waals surface area contributed by atoms with Gasteiger partial charge in [-0.25, -0.2) is 0 Å². The molecular formula is C19H24ClN3O3. The third-order valence-electron chi connectivity index (χ3n) is 4.23. The van der Waals surface area contributed by atoms with Crippen molar-refractivity contribution < 1.29 is 14.1 Å². The Labute approximate surface area is 158 Å². The molecule has 7 heteroatoms. The minimum absolute atomic E-state index is 0.130. The Bertz CT molecular complexity index is 769. The molecule has 2 amide bonds. The molecule has 0 aliphatic heterocycles. The maximum absolute atomic E-state index is 12.8. The zero-order valence-electron chi connectivity index (χ0n) is 15.5. The van der Waals surface area contributed by atoms with E-state index in [2.05, 4.69) is 10.5 Å². The highest BCUT2D eigenvalue weighted by molar-refractivity contribution is 6.30. The topological polar surface area (TPSA) is 75.4 Å². The number of rotatable bonds is 7. The zero-order chi connectivity index (χ0) is 19.3. The van der Waals surface area contributed by atoms with E-state index in [0.717, 1.165) is 12.0 Å². The Kier molecular flexibility index (Phi) is 6.80. The molecule has 0 radical (unpaired) electrons. The molecule has 1 aromatic carbocycles. The van der Waals surface area contributed by atoms with E-state index in [1.807, 2.05) is 6.92 Å². The monoisotopic (exact) mass is 377 g/mol. The van der Waals surface area contributed by atoms with Crippen molar-refractivity contribution in [1.82, 2.24) is 10.1 Å². The van der Waals surface area contributed by atoms with Crippen molar-refractivity contribution in [3.8, 4) is 0 Å². The third kappa shape index (κ3) is 4.85. The fraction of sp³-hybridized carbons (Fsp3) is 0.421. The molecule has 0 aliphatic carbocycles. The first-order valence-corrected chi connectivity index (χ1v) is 8.99. The summed E-state index contributed by atoms with van der Waals surface area (Å²) in [7, 11) is 0. The van der Waals surface area contributed by atoms with Gasteiger partial charge in [-0.15, -0.1) is 0 Å². The minimum Gasteiger partial charge on any atom is -0.361 e. The van der Waals surface area contributed by atoms with E-state index >= 15 is 0 Å². The van der Waals surface area contributed by atoms with Gasteiger partial charge < -0.3 is 14.7 Å². The molecular weight excluding hydrogens is 354 g/mol. The lowest BCUT2D eigenvalue weighted by atomic mass is 10.1. The van der Waals surface area contributed by atoms with Gasteiger partial charge in [0.2, 0.25) is 11.8 Å². The average Bonchev–Trinajstić information content (AvgIpc) is 2.91. The Morgan fingerprint density at radius 1 is 1.35 bits per heavy atom. The third-order valence-corrected chi connectivity index (χ3v) is 4.47. The summed E-state index contributed by atoms with van der Waals surface area (Å²) in [6, 6.07) is 6.31. The number of aryl methyl sites for hydroxylation is 2. The van der Waals surface area contributed by atoms with Crippen LogP contribution in [0.25, 0.3) is 0 Å². The minimum atomic E-state index is -0.609. The Morgan fingerprint density at radius 3 is 2.65 bits per heavy atom. The molecule has 140 valence electrons. The highest BCUT2D eigenvalue weighted by atomic mass is 35.5. The molecule has 1 aromatic heterocycles. The summed E-state index contributed by atoms with van der Waals surface area (Å²) < 4.78 is 5.12. The van der Waals surface area contributed by atoms with Gasteiger partial charge in [0.1, 0.15) is 11.8 Å². The summed E-state index contributed by atoms with van der Waals surface area (Å²) in [6.07, 6.45) is 0.915. The van der Waals surface area contributed by atoms with E-state index < -0.39 is 6.04 Å². The number of hydrogen-bond donors (Lipinski definition) is 1. The van der Waals surface area contributed by atoms with Gasteiger partial charge in [-0.1, -0.05) is 29.7 Å². The molecule has 0 saturated heterocycles. The smallest absolute Gasteiger partial charge is 0.246 e. The molecule has 0 saturated carbocycles. The highest BCUT2D eigenvalue weighted by Gasteiger charge is 2.27. The van der Waals surface area contributed by atoms with Gasteiger partial charge in [0.15, 0.2) is 0 Å². The first-order valence-electron chi connectivity index (χ1n) is 8.61. The molecule has 0 unspecified atom stereocenters. The number of aromatic nitrogens is 1. The average molecular weight is 378 g/mol. The van der Waals surface area contributed by atoms with Gasteiger partial charge in [-0.05, 0) is 45.4 Å². The van der Waals surface area contributed by atoms with Crippen molar-refractivity contribution in [1.29, 1.82) is 0 Å². The summed E-state index contributed by atoms with van der Waals surface area (Å²) in [5, 5.41) is 7.23. The van der Waals surface area contributed by atoms with Gasteiger partial charge in [-0.2, -0.15) is 0 Å². The molecule has 0 aliphatic rings. The fourth-order valence-electron chi connectivity index (χ4n) is 2.74. The second-order valence-electron chi connectivity index (χ2n) is 6.24. The lowest BCUT2D eigenvalue weighted by Gasteiger charge is -2.28. The number of halogens is 1. The molecule has 26 heavy (non-hydrogen) atoms. The zero-order valence-corrected chi connectivity index (χ0v) is 16.3. The summed E-state index contributed by atoms with van der Waals surface area (Å²) in [5.74, 6) is 0.242. The van der Waals surface area contributed by atoms with Crippen LogP contribution in [0.3, 0.4) is 0 Å². The van der Waals surface area contributed by atoms with Crippen molar-refractivity contribution in [3.63, 3.8) is 0 Å². The number of carbonyl (C=O) groups excluding carboxylic acids is 2. The van der Waals surface area contributed by atoms with E-state index in [-0.39, 0.29) is 18.2 Å². The maximum atomic E-state index is 12.8. The molecule has 2 aromatic rings. The number of nitrogens with one attached hydrogen (secondary N) is 1. The van der Waals surface area contributed by atoms with E-state index in [1.165, 1.54) is 0 Å². The number of amides is 2. The van der Waals surface area contributed by atoms with E-state index in [4.69, 9.17) is 16.1 Å². The normalized spacial score (nSPS) is 11.9. The van der Waals surface area contributed by atoms with Crippen molar-refractivity contribution in [3.05, 3.63) is 46.3 Å². The Morgan fingerprint density at radius 2 is 2.08 bits per heavy atom. The SMILES string of the molecule is CCCN(C(=O)Cc1c(C)noc1C)[C@@H](C)C(=O)Nc1cccc(Cl)c1. The number of hydrogen-bond acceptors (Lipinski definition) is 4. The standard InChI is InChI=1S/C19H24ClN3O3/c1-5-9-23(18(24)11-17-12(2)22-26-14(17)4)13(3)19(25)21-16-8-6-7-15(20)10-16/h6-8,10,13H,5,9,11H2,1-4H3,(H,21,25)/t13-/m0/s1. The van der Waals surface area contributed by atoms with Crippen LogP contribution in [0.2, 0.25) is 5.02 Å². The van der Waals surface area contributed by atoms with Gasteiger partial charge in [0.05, 0.1) is 12.1 Å². The summed E-state index contributed by atoms with van der Waals surface area (Å²) >= 11 is 5.95. The Hall–Kier alpha value is -2.34. The van der Waals surface area contributed by atoms with E-state index in [1.54, 1.807) is 49.9 Å². The predicted molar refractivity (Wildman–Crippen MR) is 101 cm³/mol. The number of carbonyl (C=O) groups is 2. The van der Waals surface area contributed by atoms with Crippen molar-refractivity contribution >= 4 is 29.1 Å². The van der Waals surface area contributed by atoms with E-state index in [9.17, 15) is 9.59 Å². The molecule has 1 N–H and O–H groups in total. The van der Waals surface area contributed by atoms with Crippen LogP contribution in [0.4, 0.5) is 5.69 Å². The van der Waals surface area contributed by atoms with Crippen LogP contribution in [-0.2, 0) is 16.0 Å². The molecule has 0 fully saturated rings. The quantitative estimate of drug-likeness (QED) is 0.797. The molecule has 6 nitrogen and oxygen atoms in total. The first-order chi connectivity index (χ1) is 12.3.